The van der Waals surface area contributed by atoms with Crippen LogP contribution in [0.3, 0.4) is 0 Å². The van der Waals surface area contributed by atoms with Crippen LogP contribution < -0.4 is 26.1 Å². The Balaban J connectivity index is 0.827. The summed E-state index contributed by atoms with van der Waals surface area (Å²) in [5.74, 6) is -4.00. The number of hydrogen-bond donors (Lipinski definition) is 2. The van der Waals surface area contributed by atoms with Gasteiger partial charge < -0.3 is 19.9 Å². The lowest BCUT2D eigenvalue weighted by molar-refractivity contribution is -0.135. The standard InChI is InChI=1S/C43H52F4N12O5/c1-42(2)23-56(18-19-64-42)33-15-17-57-38(50-33)27(20-48-57)39(61)49-28-22-58(52-35(28)37(44)45)26-10-8-25(9-11-26)21-53(3)32-14-16-55(24-43(32,46)47)29-6-5-7-30-36(29)54(4)41(63)59(30)31-12-13-34(60)51-40(31)62/h5-7,15,17,20,22,25-26,31-32,37H,8-14,16,18-19,21,23-24H2,1-4H3,(H,49,61)(H,51,60,62). The Bertz CT molecular complexity index is 2670. The Morgan fingerprint density at radius 3 is 2.53 bits per heavy atom. The van der Waals surface area contributed by atoms with Gasteiger partial charge in [-0.25, -0.2) is 31.9 Å². The van der Waals surface area contributed by atoms with Crippen LogP contribution in [0.1, 0.15) is 93.4 Å². The van der Waals surface area contributed by atoms with Gasteiger partial charge in [-0.15, -0.1) is 0 Å². The van der Waals surface area contributed by atoms with Gasteiger partial charge in [0.2, 0.25) is 11.8 Å². The molecule has 7 heterocycles. The summed E-state index contributed by atoms with van der Waals surface area (Å²) < 4.78 is 72.6. The zero-order chi connectivity index (χ0) is 45.2. The molecular weight excluding hydrogens is 841 g/mol. The first-order valence-corrected chi connectivity index (χ1v) is 21.8. The van der Waals surface area contributed by atoms with Crippen molar-refractivity contribution in [2.75, 3.05) is 61.5 Å². The van der Waals surface area contributed by atoms with E-state index < -0.39 is 60.1 Å². The molecule has 1 aromatic carbocycles. The number of imide groups is 1. The Morgan fingerprint density at radius 1 is 1.03 bits per heavy atom. The predicted octanol–water partition coefficient (Wildman–Crippen LogP) is 4.94. The molecule has 1 aliphatic carbocycles. The van der Waals surface area contributed by atoms with Gasteiger partial charge >= 0.3 is 5.69 Å². The van der Waals surface area contributed by atoms with Crippen LogP contribution in [0.4, 0.5) is 34.8 Å². The number of aryl methyl sites for hydroxylation is 1. The second-order valence-corrected chi connectivity index (χ2v) is 18.2. The number of amides is 3. The molecule has 2 unspecified atom stereocenters. The maximum Gasteiger partial charge on any atom is 0.329 e. The molecule has 4 fully saturated rings. The lowest BCUT2D eigenvalue weighted by Crippen LogP contribution is -2.58. The number of benzene rings is 1. The number of fused-ring (bicyclic) bond motifs is 2. The van der Waals surface area contributed by atoms with Crippen LogP contribution in [0.5, 0.6) is 0 Å². The van der Waals surface area contributed by atoms with Crippen molar-refractivity contribution in [3.63, 3.8) is 0 Å². The minimum Gasteiger partial charge on any atom is -0.372 e. The quantitative estimate of drug-likeness (QED) is 0.144. The van der Waals surface area contributed by atoms with Gasteiger partial charge in [0.1, 0.15) is 17.4 Å². The number of nitrogens with one attached hydrogen (secondary N) is 2. The van der Waals surface area contributed by atoms with Crippen molar-refractivity contribution in [3.8, 4) is 0 Å². The highest BCUT2D eigenvalue weighted by Gasteiger charge is 2.47. The molecule has 4 aromatic heterocycles. The maximum absolute atomic E-state index is 16.2. The van der Waals surface area contributed by atoms with Crippen molar-refractivity contribution < 1.29 is 36.7 Å². The van der Waals surface area contributed by atoms with E-state index in [0.717, 1.165) is 0 Å². The Kier molecular flexibility index (Phi) is 11.3. The summed E-state index contributed by atoms with van der Waals surface area (Å²) in [7, 11) is 3.27. The number of nitrogens with zero attached hydrogens (tertiary/aromatic N) is 10. The molecule has 3 aliphatic heterocycles. The van der Waals surface area contributed by atoms with Crippen LogP contribution in [-0.4, -0.2) is 120 Å². The molecule has 2 N–H and O–H groups in total. The zero-order valence-electron chi connectivity index (χ0n) is 36.1. The van der Waals surface area contributed by atoms with Gasteiger partial charge in [0.05, 0.1) is 59.4 Å². The fourth-order valence-corrected chi connectivity index (χ4v) is 10.2. The number of hydrogen-bond acceptors (Lipinski definition) is 11. The topological polar surface area (TPSA) is 169 Å². The third-order valence-electron chi connectivity index (χ3n) is 13.3. The summed E-state index contributed by atoms with van der Waals surface area (Å²) >= 11 is 0. The first kappa shape index (κ1) is 43.4. The Hall–Kier alpha value is -5.83. The molecule has 0 radical (unpaired) electrons. The van der Waals surface area contributed by atoms with Crippen molar-refractivity contribution in [1.82, 2.24) is 43.7 Å². The lowest BCUT2D eigenvalue weighted by atomic mass is 9.85. The number of halogens is 4. The van der Waals surface area contributed by atoms with Crippen LogP contribution >= 0.6 is 0 Å². The normalized spacial score (nSPS) is 24.0. The summed E-state index contributed by atoms with van der Waals surface area (Å²) in [5, 5.41) is 13.4. The van der Waals surface area contributed by atoms with E-state index in [2.05, 4.69) is 25.7 Å². The van der Waals surface area contributed by atoms with Crippen molar-refractivity contribution in [2.45, 2.75) is 94.9 Å². The molecule has 21 heteroatoms. The number of alkyl halides is 4. The molecule has 4 aliphatic rings. The molecule has 0 spiro atoms. The predicted molar refractivity (Wildman–Crippen MR) is 228 cm³/mol. The van der Waals surface area contributed by atoms with Gasteiger partial charge in [-0.1, -0.05) is 6.07 Å². The number of para-hydroxylation sites is 1. The van der Waals surface area contributed by atoms with E-state index >= 15 is 8.78 Å². The van der Waals surface area contributed by atoms with E-state index in [-0.39, 0.29) is 53.7 Å². The number of piperidine rings is 2. The average molecular weight is 893 g/mol. The van der Waals surface area contributed by atoms with Crippen LogP contribution in [0.2, 0.25) is 0 Å². The van der Waals surface area contributed by atoms with Crippen LogP contribution in [0.15, 0.2) is 47.7 Å². The molecular formula is C43H52F4N12O5. The summed E-state index contributed by atoms with van der Waals surface area (Å²) in [6.07, 6.45) is 4.46. The first-order valence-electron chi connectivity index (χ1n) is 21.8. The number of aromatic nitrogens is 7. The van der Waals surface area contributed by atoms with Crippen molar-refractivity contribution >= 4 is 51.6 Å². The molecule has 3 amide bonds. The van der Waals surface area contributed by atoms with E-state index in [1.54, 1.807) is 54.4 Å². The maximum atomic E-state index is 16.2. The van der Waals surface area contributed by atoms with Crippen LogP contribution in [0, 0.1) is 5.92 Å². The average Bonchev–Trinajstić information content (AvgIpc) is 3.94. The van der Waals surface area contributed by atoms with E-state index in [1.165, 1.54) is 30.7 Å². The molecule has 17 nitrogen and oxygen atoms in total. The fraction of sp³-hybridized carbons (Fsp3) is 0.558. The minimum absolute atomic E-state index is 0.0866. The second-order valence-electron chi connectivity index (χ2n) is 18.2. The van der Waals surface area contributed by atoms with Crippen LogP contribution in [-0.2, 0) is 21.4 Å². The molecule has 9 rings (SSSR count). The van der Waals surface area contributed by atoms with E-state index in [4.69, 9.17) is 9.72 Å². The van der Waals surface area contributed by atoms with Gasteiger partial charge in [0.25, 0.3) is 18.3 Å². The number of rotatable bonds is 10. The number of morpholine rings is 1. The number of imidazole rings is 1. The SMILES string of the molecule is CN(CC1CCC(n2cc(NC(=O)c3cnn4ccc(N5CCOC(C)(C)C5)nc34)c(C(F)F)n2)CC1)C1CCN(c2cccc3c2n(C)c(=O)n3C2CCC(=O)NC2=O)CC1(F)F. The smallest absolute Gasteiger partial charge is 0.329 e. The molecule has 1 saturated carbocycles. The Morgan fingerprint density at radius 2 is 1.81 bits per heavy atom. The second kappa shape index (κ2) is 16.6. The summed E-state index contributed by atoms with van der Waals surface area (Å²) in [6.45, 7) is 5.86. The largest absolute Gasteiger partial charge is 0.372 e. The van der Waals surface area contributed by atoms with Crippen LogP contribution in [0.25, 0.3) is 16.7 Å². The van der Waals surface area contributed by atoms with Gasteiger partial charge in [0.15, 0.2) is 11.3 Å². The van der Waals surface area contributed by atoms with Gasteiger partial charge in [-0.2, -0.15) is 10.2 Å². The zero-order valence-corrected chi connectivity index (χ0v) is 36.1. The summed E-state index contributed by atoms with van der Waals surface area (Å²) in [6, 6.07) is 4.72. The highest BCUT2D eigenvalue weighted by molar-refractivity contribution is 6.08. The Labute approximate surface area is 365 Å². The van der Waals surface area contributed by atoms with Gasteiger partial charge in [-0.3, -0.25) is 38.4 Å². The number of carbonyl (C=O) groups excluding carboxylic acids is 3. The van der Waals surface area contributed by atoms with E-state index in [0.29, 0.717) is 81.0 Å². The minimum atomic E-state index is -3.11. The number of ether oxygens (including phenoxy) is 1. The first-order chi connectivity index (χ1) is 30.5. The van der Waals surface area contributed by atoms with Crippen molar-refractivity contribution in [2.24, 2.45) is 13.0 Å². The highest BCUT2D eigenvalue weighted by Crippen LogP contribution is 2.39. The van der Waals surface area contributed by atoms with Gasteiger partial charge in [0, 0.05) is 52.0 Å². The molecule has 2 atom stereocenters. The third kappa shape index (κ3) is 8.11. The van der Waals surface area contributed by atoms with E-state index in [1.807, 2.05) is 13.8 Å². The third-order valence-corrected chi connectivity index (χ3v) is 13.3. The van der Waals surface area contributed by atoms with E-state index in [9.17, 15) is 28.0 Å². The van der Waals surface area contributed by atoms with Crippen molar-refractivity contribution in [3.05, 3.63) is 64.6 Å². The molecule has 3 saturated heterocycles. The molecule has 64 heavy (non-hydrogen) atoms. The number of anilines is 3. The molecule has 5 aromatic rings. The monoisotopic (exact) mass is 892 g/mol. The fourth-order valence-electron chi connectivity index (χ4n) is 10.2. The molecule has 342 valence electrons. The van der Waals surface area contributed by atoms with Crippen molar-refractivity contribution in [1.29, 1.82) is 0 Å². The highest BCUT2D eigenvalue weighted by atomic mass is 19.3. The van der Waals surface area contributed by atoms with Gasteiger partial charge in [-0.05, 0) is 83.5 Å². The summed E-state index contributed by atoms with van der Waals surface area (Å²) in [5.41, 5.74) is 0.236. The number of carbonyl (C=O) groups is 3. The summed E-state index contributed by atoms with van der Waals surface area (Å²) in [4.78, 5) is 61.7. The lowest BCUT2D eigenvalue weighted by Gasteiger charge is -2.44. The molecule has 0 bridgehead atoms.